The van der Waals surface area contributed by atoms with Gasteiger partial charge in [0.1, 0.15) is 5.82 Å². The SMILES string of the molecule is COc1cc(C(=O)Nc2cc(C(C)(C)C)nn2C)cc(OC)c1OC. The van der Waals surface area contributed by atoms with Crippen LogP contribution < -0.4 is 19.5 Å². The third-order valence-corrected chi connectivity index (χ3v) is 3.82. The van der Waals surface area contributed by atoms with Gasteiger partial charge in [0.15, 0.2) is 11.5 Å². The summed E-state index contributed by atoms with van der Waals surface area (Å²) >= 11 is 0. The van der Waals surface area contributed by atoms with Crippen LogP contribution in [0.3, 0.4) is 0 Å². The zero-order valence-electron chi connectivity index (χ0n) is 15.8. The maximum absolute atomic E-state index is 12.7. The van der Waals surface area contributed by atoms with Gasteiger partial charge in [0.05, 0.1) is 27.0 Å². The number of aryl methyl sites for hydroxylation is 1. The predicted octanol–water partition coefficient (Wildman–Crippen LogP) is 3.00. The number of hydrogen-bond donors (Lipinski definition) is 1. The maximum Gasteiger partial charge on any atom is 0.257 e. The van der Waals surface area contributed by atoms with Gasteiger partial charge >= 0.3 is 0 Å². The van der Waals surface area contributed by atoms with Crippen LogP contribution in [0.15, 0.2) is 18.2 Å². The van der Waals surface area contributed by atoms with Gasteiger partial charge < -0.3 is 19.5 Å². The van der Waals surface area contributed by atoms with Gasteiger partial charge in [-0.05, 0) is 12.1 Å². The van der Waals surface area contributed by atoms with E-state index in [9.17, 15) is 4.79 Å². The van der Waals surface area contributed by atoms with Crippen LogP contribution in [0.5, 0.6) is 17.2 Å². The fraction of sp³-hybridized carbons (Fsp3) is 0.444. The van der Waals surface area contributed by atoms with Gasteiger partial charge in [-0.1, -0.05) is 20.8 Å². The van der Waals surface area contributed by atoms with Crippen LogP contribution >= 0.6 is 0 Å². The average molecular weight is 347 g/mol. The van der Waals surface area contributed by atoms with Crippen molar-refractivity contribution < 1.29 is 19.0 Å². The summed E-state index contributed by atoms with van der Waals surface area (Å²) in [5.74, 6) is 1.61. The molecule has 0 aliphatic carbocycles. The summed E-state index contributed by atoms with van der Waals surface area (Å²) in [6, 6.07) is 5.09. The van der Waals surface area contributed by atoms with E-state index in [-0.39, 0.29) is 11.3 Å². The van der Waals surface area contributed by atoms with E-state index in [1.54, 1.807) is 23.9 Å². The number of carbonyl (C=O) groups is 1. The van der Waals surface area contributed by atoms with Gasteiger partial charge in [-0.15, -0.1) is 0 Å². The number of rotatable bonds is 5. The first-order valence-electron chi connectivity index (χ1n) is 7.87. The van der Waals surface area contributed by atoms with Crippen molar-refractivity contribution in [2.24, 2.45) is 7.05 Å². The molecule has 1 amide bonds. The molecule has 2 rings (SSSR count). The van der Waals surface area contributed by atoms with E-state index in [0.717, 1.165) is 5.69 Å². The second-order valence-corrected chi connectivity index (χ2v) is 6.66. The maximum atomic E-state index is 12.7. The molecular formula is C18H25N3O4. The molecule has 0 spiro atoms. The number of nitrogens with one attached hydrogen (secondary N) is 1. The Morgan fingerprint density at radius 3 is 2.00 bits per heavy atom. The van der Waals surface area contributed by atoms with E-state index in [1.807, 2.05) is 6.07 Å². The average Bonchev–Trinajstić information content (AvgIpc) is 2.94. The number of anilines is 1. The third-order valence-electron chi connectivity index (χ3n) is 3.82. The Labute approximate surface area is 147 Å². The Balaban J connectivity index is 2.34. The summed E-state index contributed by atoms with van der Waals surface area (Å²) in [5.41, 5.74) is 1.19. The summed E-state index contributed by atoms with van der Waals surface area (Å²) in [6.07, 6.45) is 0. The minimum atomic E-state index is -0.289. The quantitative estimate of drug-likeness (QED) is 0.900. The van der Waals surface area contributed by atoms with Crippen molar-refractivity contribution in [1.82, 2.24) is 9.78 Å². The Morgan fingerprint density at radius 1 is 1.04 bits per heavy atom. The monoisotopic (exact) mass is 347 g/mol. The van der Waals surface area contributed by atoms with E-state index in [2.05, 4.69) is 31.2 Å². The number of benzene rings is 1. The Kier molecular flexibility index (Phi) is 5.25. The molecule has 0 saturated heterocycles. The predicted molar refractivity (Wildman–Crippen MR) is 96.0 cm³/mol. The summed E-state index contributed by atoms with van der Waals surface area (Å²) in [6.45, 7) is 6.21. The number of methoxy groups -OCH3 is 3. The molecule has 136 valence electrons. The molecule has 2 aromatic rings. The van der Waals surface area contributed by atoms with Crippen LogP contribution in [0.25, 0.3) is 0 Å². The molecule has 7 nitrogen and oxygen atoms in total. The fourth-order valence-electron chi connectivity index (χ4n) is 2.35. The molecule has 0 aliphatic heterocycles. The van der Waals surface area contributed by atoms with E-state index in [1.165, 1.54) is 21.3 Å². The topological polar surface area (TPSA) is 74.6 Å². The van der Waals surface area contributed by atoms with Crippen molar-refractivity contribution >= 4 is 11.7 Å². The number of aromatic nitrogens is 2. The fourth-order valence-corrected chi connectivity index (χ4v) is 2.35. The smallest absolute Gasteiger partial charge is 0.257 e. The lowest BCUT2D eigenvalue weighted by Crippen LogP contribution is -2.15. The molecule has 0 bridgehead atoms. The van der Waals surface area contributed by atoms with Gasteiger partial charge in [-0.2, -0.15) is 5.10 Å². The largest absolute Gasteiger partial charge is 0.493 e. The third kappa shape index (κ3) is 3.87. The lowest BCUT2D eigenvalue weighted by Gasteiger charge is -2.14. The lowest BCUT2D eigenvalue weighted by molar-refractivity contribution is 0.102. The zero-order chi connectivity index (χ0) is 18.8. The van der Waals surface area contributed by atoms with Crippen LogP contribution in [-0.4, -0.2) is 37.0 Å². The van der Waals surface area contributed by atoms with Crippen molar-refractivity contribution in [2.45, 2.75) is 26.2 Å². The molecule has 1 N–H and O–H groups in total. The first-order chi connectivity index (χ1) is 11.7. The molecule has 0 atom stereocenters. The minimum absolute atomic E-state index is 0.104. The Hall–Kier alpha value is -2.70. The highest BCUT2D eigenvalue weighted by atomic mass is 16.5. The number of amides is 1. The number of carbonyl (C=O) groups excluding carboxylic acids is 1. The highest BCUT2D eigenvalue weighted by Crippen LogP contribution is 2.38. The molecule has 1 aromatic heterocycles. The molecule has 0 fully saturated rings. The standard InChI is InChI=1S/C18H25N3O4/c1-18(2,3)14-10-15(21(4)20-14)19-17(22)11-8-12(23-5)16(25-7)13(9-11)24-6/h8-10H,1-7H3,(H,19,22). The molecule has 1 aromatic carbocycles. The van der Waals surface area contributed by atoms with Gasteiger partial charge in [-0.3, -0.25) is 9.48 Å². The van der Waals surface area contributed by atoms with Crippen molar-refractivity contribution in [1.29, 1.82) is 0 Å². The van der Waals surface area contributed by atoms with Crippen molar-refractivity contribution in [3.8, 4) is 17.2 Å². The van der Waals surface area contributed by atoms with E-state index in [4.69, 9.17) is 14.2 Å². The van der Waals surface area contributed by atoms with Crippen LogP contribution in [0.1, 0.15) is 36.8 Å². The van der Waals surface area contributed by atoms with E-state index >= 15 is 0 Å². The first kappa shape index (κ1) is 18.6. The molecule has 25 heavy (non-hydrogen) atoms. The molecule has 1 heterocycles. The second kappa shape index (κ2) is 7.04. The van der Waals surface area contributed by atoms with Crippen LogP contribution in [-0.2, 0) is 12.5 Å². The molecule has 7 heteroatoms. The Morgan fingerprint density at radius 2 is 1.60 bits per heavy atom. The van der Waals surface area contributed by atoms with Crippen molar-refractivity contribution in [2.75, 3.05) is 26.6 Å². The van der Waals surface area contributed by atoms with Crippen LogP contribution in [0.2, 0.25) is 0 Å². The molecule has 0 radical (unpaired) electrons. The minimum Gasteiger partial charge on any atom is -0.493 e. The summed E-state index contributed by atoms with van der Waals surface area (Å²) in [5, 5.41) is 7.32. The molecule has 0 saturated carbocycles. The van der Waals surface area contributed by atoms with Crippen molar-refractivity contribution in [3.63, 3.8) is 0 Å². The van der Waals surface area contributed by atoms with Crippen LogP contribution in [0.4, 0.5) is 5.82 Å². The Bertz CT molecular complexity index is 750. The first-order valence-corrected chi connectivity index (χ1v) is 7.87. The van der Waals surface area contributed by atoms with Crippen molar-refractivity contribution in [3.05, 3.63) is 29.5 Å². The number of nitrogens with zero attached hydrogens (tertiary/aromatic N) is 2. The summed E-state index contributed by atoms with van der Waals surface area (Å²) < 4.78 is 17.5. The van der Waals surface area contributed by atoms with Gasteiger partial charge in [-0.25, -0.2) is 0 Å². The normalized spacial score (nSPS) is 11.2. The second-order valence-electron chi connectivity index (χ2n) is 6.66. The number of hydrogen-bond acceptors (Lipinski definition) is 5. The summed E-state index contributed by atoms with van der Waals surface area (Å²) in [7, 11) is 6.33. The zero-order valence-corrected chi connectivity index (χ0v) is 15.8. The van der Waals surface area contributed by atoms with Gasteiger partial charge in [0.25, 0.3) is 5.91 Å². The van der Waals surface area contributed by atoms with Gasteiger partial charge in [0, 0.05) is 24.1 Å². The summed E-state index contributed by atoms with van der Waals surface area (Å²) in [4.78, 5) is 12.7. The van der Waals surface area contributed by atoms with Crippen LogP contribution in [0, 0.1) is 0 Å². The molecule has 0 aliphatic rings. The lowest BCUT2D eigenvalue weighted by atomic mass is 9.92. The highest BCUT2D eigenvalue weighted by Gasteiger charge is 2.21. The molecular weight excluding hydrogens is 322 g/mol. The molecule has 0 unspecified atom stereocenters. The van der Waals surface area contributed by atoms with E-state index < -0.39 is 0 Å². The highest BCUT2D eigenvalue weighted by molar-refractivity contribution is 6.04. The number of ether oxygens (including phenoxy) is 3. The van der Waals surface area contributed by atoms with Gasteiger partial charge in [0.2, 0.25) is 5.75 Å². The van der Waals surface area contributed by atoms with E-state index in [0.29, 0.717) is 28.6 Å².